The average Bonchev–Trinajstić information content (AvgIpc) is 2.50. The zero-order chi connectivity index (χ0) is 17.9. The van der Waals surface area contributed by atoms with Gasteiger partial charge in [0.1, 0.15) is 0 Å². The minimum Gasteiger partial charge on any atom is -0.399 e. The van der Waals surface area contributed by atoms with Crippen LogP contribution in [-0.4, -0.2) is 5.91 Å². The summed E-state index contributed by atoms with van der Waals surface area (Å²) in [5.74, 6) is -0.609. The maximum atomic E-state index is 12.8. The lowest BCUT2D eigenvalue weighted by atomic mass is 9.95. The van der Waals surface area contributed by atoms with Crippen LogP contribution in [0.5, 0.6) is 0 Å². The van der Waals surface area contributed by atoms with E-state index in [4.69, 9.17) is 5.73 Å². The van der Waals surface area contributed by atoms with E-state index in [1.807, 2.05) is 6.92 Å². The van der Waals surface area contributed by atoms with Gasteiger partial charge in [0.25, 0.3) is 0 Å². The molecule has 0 aliphatic heterocycles. The van der Waals surface area contributed by atoms with Crippen molar-refractivity contribution in [2.45, 2.75) is 32.4 Å². The number of benzene rings is 2. The summed E-state index contributed by atoms with van der Waals surface area (Å²) in [5, 5.41) is 2.76. The van der Waals surface area contributed by atoms with Gasteiger partial charge in [-0.2, -0.15) is 13.2 Å². The molecule has 0 radical (unpaired) electrons. The van der Waals surface area contributed by atoms with Gasteiger partial charge in [-0.3, -0.25) is 4.79 Å². The molecule has 0 spiro atoms. The molecule has 0 heterocycles. The summed E-state index contributed by atoms with van der Waals surface area (Å²) in [6.45, 7) is 3.56. The number of carbonyl (C=O) groups excluding carboxylic acids is 1. The summed E-state index contributed by atoms with van der Waals surface area (Å²) in [7, 11) is 0. The first kappa shape index (κ1) is 17.8. The van der Waals surface area contributed by atoms with E-state index in [0.717, 1.165) is 17.7 Å². The van der Waals surface area contributed by atoms with E-state index in [2.05, 4.69) is 5.32 Å². The van der Waals surface area contributed by atoms with Gasteiger partial charge in [0.15, 0.2) is 0 Å². The largest absolute Gasteiger partial charge is 0.416 e. The Hall–Kier alpha value is -2.50. The molecule has 2 aromatic rings. The molecule has 6 heteroatoms. The summed E-state index contributed by atoms with van der Waals surface area (Å²) in [5.41, 5.74) is 7.46. The minimum atomic E-state index is -4.39. The topological polar surface area (TPSA) is 55.1 Å². The predicted molar refractivity (Wildman–Crippen MR) is 88.7 cm³/mol. The highest BCUT2D eigenvalue weighted by Gasteiger charge is 2.30. The molecular weight excluding hydrogens is 317 g/mol. The van der Waals surface area contributed by atoms with Crippen LogP contribution in [0.3, 0.4) is 0 Å². The number of rotatable bonds is 4. The van der Waals surface area contributed by atoms with Crippen molar-refractivity contribution in [1.29, 1.82) is 0 Å². The Morgan fingerprint density at radius 1 is 1.21 bits per heavy atom. The van der Waals surface area contributed by atoms with Crippen LogP contribution in [0.25, 0.3) is 0 Å². The molecule has 0 saturated heterocycles. The fourth-order valence-electron chi connectivity index (χ4n) is 2.39. The number of carbonyl (C=O) groups is 1. The van der Waals surface area contributed by atoms with Gasteiger partial charge in [0.05, 0.1) is 5.56 Å². The van der Waals surface area contributed by atoms with Crippen LogP contribution >= 0.6 is 0 Å². The maximum absolute atomic E-state index is 12.8. The van der Waals surface area contributed by atoms with Crippen LogP contribution in [-0.2, 0) is 11.0 Å². The number of nitrogens with two attached hydrogens (primary N) is 1. The van der Waals surface area contributed by atoms with Gasteiger partial charge in [-0.05, 0) is 42.2 Å². The predicted octanol–water partition coefficient (Wildman–Crippen LogP) is 4.73. The summed E-state index contributed by atoms with van der Waals surface area (Å²) < 4.78 is 38.3. The molecule has 0 aliphatic rings. The first-order chi connectivity index (χ1) is 11.2. The molecule has 0 saturated carbocycles. The fourth-order valence-corrected chi connectivity index (χ4v) is 2.39. The van der Waals surface area contributed by atoms with Crippen molar-refractivity contribution < 1.29 is 18.0 Å². The number of hydrogen-bond acceptors (Lipinski definition) is 2. The van der Waals surface area contributed by atoms with Crippen LogP contribution in [0, 0.1) is 6.92 Å². The van der Waals surface area contributed by atoms with Crippen LogP contribution in [0.1, 0.15) is 36.0 Å². The van der Waals surface area contributed by atoms with Crippen LogP contribution in [0.4, 0.5) is 24.5 Å². The summed E-state index contributed by atoms with van der Waals surface area (Å²) in [6.07, 6.45) is -4.31. The van der Waals surface area contributed by atoms with Crippen molar-refractivity contribution in [3.8, 4) is 0 Å². The van der Waals surface area contributed by atoms with Gasteiger partial charge in [-0.15, -0.1) is 0 Å². The Bertz CT molecular complexity index is 741. The van der Waals surface area contributed by atoms with E-state index >= 15 is 0 Å². The quantitative estimate of drug-likeness (QED) is 0.793. The zero-order valence-electron chi connectivity index (χ0n) is 13.4. The van der Waals surface area contributed by atoms with Gasteiger partial charge in [-0.25, -0.2) is 0 Å². The second kappa shape index (κ2) is 6.95. The molecular formula is C18H19F3N2O. The highest BCUT2D eigenvalue weighted by atomic mass is 19.4. The SMILES string of the molecule is Cc1ccc(N)cc1NC(=O)CC(C)c1cccc(C(F)(F)F)c1. The van der Waals surface area contributed by atoms with Gasteiger partial charge < -0.3 is 11.1 Å². The second-order valence-corrected chi connectivity index (χ2v) is 5.85. The van der Waals surface area contributed by atoms with Crippen LogP contribution < -0.4 is 11.1 Å². The van der Waals surface area contributed by atoms with E-state index in [9.17, 15) is 18.0 Å². The normalized spacial score (nSPS) is 12.7. The standard InChI is InChI=1S/C18H19F3N2O/c1-11-6-7-15(22)10-16(11)23-17(24)8-12(2)13-4-3-5-14(9-13)18(19,20)21/h3-7,9-10,12H,8,22H2,1-2H3,(H,23,24). The van der Waals surface area contributed by atoms with Gasteiger partial charge in [-0.1, -0.05) is 31.2 Å². The Kier molecular flexibility index (Phi) is 5.17. The molecule has 1 atom stereocenters. The van der Waals surface area contributed by atoms with Crippen molar-refractivity contribution in [3.63, 3.8) is 0 Å². The van der Waals surface area contributed by atoms with Crippen molar-refractivity contribution in [2.75, 3.05) is 11.1 Å². The zero-order valence-corrected chi connectivity index (χ0v) is 13.4. The summed E-state index contributed by atoms with van der Waals surface area (Å²) >= 11 is 0. The van der Waals surface area contributed by atoms with E-state index in [0.29, 0.717) is 16.9 Å². The average molecular weight is 336 g/mol. The Morgan fingerprint density at radius 3 is 2.58 bits per heavy atom. The molecule has 2 rings (SSSR count). The molecule has 1 amide bonds. The van der Waals surface area contributed by atoms with Crippen molar-refractivity contribution in [1.82, 2.24) is 0 Å². The Morgan fingerprint density at radius 2 is 1.92 bits per heavy atom. The molecule has 0 aromatic heterocycles. The van der Waals surface area contributed by atoms with E-state index in [-0.39, 0.29) is 18.2 Å². The van der Waals surface area contributed by atoms with Crippen molar-refractivity contribution in [3.05, 3.63) is 59.2 Å². The molecule has 24 heavy (non-hydrogen) atoms. The number of nitrogen functional groups attached to an aromatic ring is 1. The molecule has 2 aromatic carbocycles. The monoisotopic (exact) mass is 336 g/mol. The third-order valence-electron chi connectivity index (χ3n) is 3.81. The fraction of sp³-hybridized carbons (Fsp3) is 0.278. The number of alkyl halides is 3. The summed E-state index contributed by atoms with van der Waals surface area (Å²) in [4.78, 5) is 12.2. The first-order valence-corrected chi connectivity index (χ1v) is 7.50. The highest BCUT2D eigenvalue weighted by Crippen LogP contribution is 2.31. The van der Waals surface area contributed by atoms with E-state index < -0.39 is 11.7 Å². The summed E-state index contributed by atoms with van der Waals surface area (Å²) in [6, 6.07) is 10.2. The highest BCUT2D eigenvalue weighted by molar-refractivity contribution is 5.92. The second-order valence-electron chi connectivity index (χ2n) is 5.85. The molecule has 3 N–H and O–H groups in total. The number of hydrogen-bond donors (Lipinski definition) is 2. The third kappa shape index (κ3) is 4.50. The van der Waals surface area contributed by atoms with Gasteiger partial charge in [0, 0.05) is 17.8 Å². The number of aryl methyl sites for hydroxylation is 1. The Labute approximate surface area is 138 Å². The lowest BCUT2D eigenvalue weighted by Gasteiger charge is -2.15. The van der Waals surface area contributed by atoms with Crippen LogP contribution in [0.15, 0.2) is 42.5 Å². The lowest BCUT2D eigenvalue weighted by Crippen LogP contribution is -2.15. The molecule has 0 aliphatic carbocycles. The molecule has 0 bridgehead atoms. The lowest BCUT2D eigenvalue weighted by molar-refractivity contribution is -0.137. The number of amides is 1. The van der Waals surface area contributed by atoms with Crippen LogP contribution in [0.2, 0.25) is 0 Å². The van der Waals surface area contributed by atoms with Crippen molar-refractivity contribution >= 4 is 17.3 Å². The van der Waals surface area contributed by atoms with Crippen molar-refractivity contribution in [2.24, 2.45) is 0 Å². The van der Waals surface area contributed by atoms with E-state index in [1.165, 1.54) is 6.07 Å². The third-order valence-corrected chi connectivity index (χ3v) is 3.81. The number of anilines is 2. The number of halogens is 3. The number of nitrogens with one attached hydrogen (secondary N) is 1. The van der Waals surface area contributed by atoms with Gasteiger partial charge in [0.2, 0.25) is 5.91 Å². The smallest absolute Gasteiger partial charge is 0.399 e. The molecule has 1 unspecified atom stereocenters. The van der Waals surface area contributed by atoms with E-state index in [1.54, 1.807) is 31.2 Å². The minimum absolute atomic E-state index is 0.0789. The molecule has 128 valence electrons. The molecule has 3 nitrogen and oxygen atoms in total. The van der Waals surface area contributed by atoms with Gasteiger partial charge >= 0.3 is 6.18 Å². The maximum Gasteiger partial charge on any atom is 0.416 e. The molecule has 0 fully saturated rings. The Balaban J connectivity index is 2.08. The first-order valence-electron chi connectivity index (χ1n) is 7.50.